The van der Waals surface area contributed by atoms with E-state index >= 15 is 0 Å². The molecule has 1 fully saturated rings. The van der Waals surface area contributed by atoms with Crippen molar-refractivity contribution in [2.75, 3.05) is 27.2 Å². The van der Waals surface area contributed by atoms with E-state index in [9.17, 15) is 4.39 Å². The Morgan fingerprint density at radius 2 is 1.82 bits per heavy atom. The smallest absolute Gasteiger partial charge is 0.203 e. The molecule has 178 valence electrons. The maximum absolute atomic E-state index is 13.5. The van der Waals surface area contributed by atoms with E-state index in [0.717, 1.165) is 54.4 Å². The van der Waals surface area contributed by atoms with Gasteiger partial charge in [-0.25, -0.2) is 14.1 Å². The van der Waals surface area contributed by atoms with Crippen molar-refractivity contribution >= 4 is 23.3 Å². The number of benzene rings is 2. The van der Waals surface area contributed by atoms with E-state index in [2.05, 4.69) is 16.7 Å². The van der Waals surface area contributed by atoms with Crippen molar-refractivity contribution in [3.63, 3.8) is 0 Å². The van der Waals surface area contributed by atoms with Crippen LogP contribution in [0.5, 0.6) is 0 Å². The zero-order valence-electron chi connectivity index (χ0n) is 19.7. The van der Waals surface area contributed by atoms with Gasteiger partial charge in [-0.3, -0.25) is 14.4 Å². The van der Waals surface area contributed by atoms with Crippen molar-refractivity contribution in [3.05, 3.63) is 70.8 Å². The van der Waals surface area contributed by atoms with Crippen LogP contribution in [-0.4, -0.2) is 56.3 Å². The summed E-state index contributed by atoms with van der Waals surface area (Å²) in [5.41, 5.74) is 2.58. The third-order valence-corrected chi connectivity index (χ3v) is 7.07. The molecular weight excluding hydrogens is 451 g/mol. The third kappa shape index (κ3) is 4.43. The Balaban J connectivity index is 1.35. The average Bonchev–Trinajstić information content (AvgIpc) is 3.41. The fourth-order valence-electron chi connectivity index (χ4n) is 4.43. The molecule has 1 atom stereocenters. The number of para-hydroxylation sites is 2. The van der Waals surface area contributed by atoms with Crippen LogP contribution in [0.3, 0.4) is 0 Å². The fourth-order valence-corrected chi connectivity index (χ4v) is 4.72. The van der Waals surface area contributed by atoms with E-state index in [1.807, 2.05) is 47.6 Å². The van der Waals surface area contributed by atoms with Gasteiger partial charge in [0.2, 0.25) is 4.77 Å². The van der Waals surface area contributed by atoms with Crippen LogP contribution in [0.1, 0.15) is 43.4 Å². The van der Waals surface area contributed by atoms with E-state index < -0.39 is 0 Å². The Morgan fingerprint density at radius 1 is 1.12 bits per heavy atom. The quantitative estimate of drug-likeness (QED) is 0.356. The van der Waals surface area contributed by atoms with Gasteiger partial charge < -0.3 is 4.42 Å². The minimum atomic E-state index is -0.272. The molecule has 4 aromatic rings. The van der Waals surface area contributed by atoms with Crippen LogP contribution in [-0.2, 0) is 6.67 Å². The standard InChI is InChI=1S/C25H29FN6OS/c1-17(29(2)3)23-28-31(25(34)32(23)20-10-8-19(26)9-11-20)16-30-14-12-18(13-15-30)24-27-21-6-4-5-7-22(21)33-24/h4-11,17-18H,12-16H2,1-3H3/t17-/m0/s1. The normalized spacial score (nSPS) is 16.5. The number of nitrogens with zero attached hydrogens (tertiary/aromatic N) is 6. The molecule has 2 aromatic heterocycles. The highest BCUT2D eigenvalue weighted by molar-refractivity contribution is 7.71. The Bertz CT molecular complexity index is 1300. The summed E-state index contributed by atoms with van der Waals surface area (Å²) in [4.78, 5) is 9.15. The second kappa shape index (κ2) is 9.40. The van der Waals surface area contributed by atoms with Gasteiger partial charge in [0, 0.05) is 24.7 Å². The molecule has 9 heteroatoms. The molecule has 0 radical (unpaired) electrons. The molecular formula is C25H29FN6OS. The van der Waals surface area contributed by atoms with E-state index in [0.29, 0.717) is 17.4 Å². The lowest BCUT2D eigenvalue weighted by Crippen LogP contribution is -2.35. The van der Waals surface area contributed by atoms with Gasteiger partial charge in [-0.1, -0.05) is 12.1 Å². The summed E-state index contributed by atoms with van der Waals surface area (Å²) in [6.45, 7) is 4.52. The average molecular weight is 481 g/mol. The van der Waals surface area contributed by atoms with Gasteiger partial charge in [0.1, 0.15) is 11.3 Å². The highest BCUT2D eigenvalue weighted by Gasteiger charge is 2.26. The number of fused-ring (bicyclic) bond motifs is 1. The summed E-state index contributed by atoms with van der Waals surface area (Å²) < 4.78 is 24.0. The Morgan fingerprint density at radius 3 is 2.50 bits per heavy atom. The SMILES string of the molecule is C[C@@H](c1nn(CN2CCC(c3nc4ccccc4o3)CC2)c(=S)n1-c1ccc(F)cc1)N(C)C. The number of aromatic nitrogens is 4. The van der Waals surface area contributed by atoms with E-state index in [1.165, 1.54) is 12.1 Å². The number of rotatable bonds is 6. The molecule has 0 unspecified atom stereocenters. The largest absolute Gasteiger partial charge is 0.440 e. The summed E-state index contributed by atoms with van der Waals surface area (Å²) in [7, 11) is 4.03. The van der Waals surface area contributed by atoms with Crippen LogP contribution in [0.4, 0.5) is 4.39 Å². The Kier molecular flexibility index (Phi) is 6.33. The van der Waals surface area contributed by atoms with Crippen LogP contribution in [0.15, 0.2) is 52.9 Å². The molecule has 0 bridgehead atoms. The van der Waals surface area contributed by atoms with Crippen LogP contribution < -0.4 is 0 Å². The van der Waals surface area contributed by atoms with Gasteiger partial charge in [0.25, 0.3) is 0 Å². The molecule has 1 aliphatic rings. The fraction of sp³-hybridized carbons (Fsp3) is 0.400. The van der Waals surface area contributed by atoms with Crippen LogP contribution in [0.25, 0.3) is 16.8 Å². The number of hydrogen-bond donors (Lipinski definition) is 0. The monoisotopic (exact) mass is 480 g/mol. The lowest BCUT2D eigenvalue weighted by Gasteiger charge is -2.30. The van der Waals surface area contributed by atoms with Gasteiger partial charge in [-0.2, -0.15) is 5.10 Å². The summed E-state index contributed by atoms with van der Waals surface area (Å²) in [6, 6.07) is 14.3. The van der Waals surface area contributed by atoms with Gasteiger partial charge in [-0.05, 0) is 82.5 Å². The molecule has 0 amide bonds. The second-order valence-corrected chi connectivity index (χ2v) is 9.51. The van der Waals surface area contributed by atoms with E-state index in [1.54, 1.807) is 12.1 Å². The summed E-state index contributed by atoms with van der Waals surface area (Å²) in [5, 5.41) is 4.90. The number of halogens is 1. The van der Waals surface area contributed by atoms with Crippen molar-refractivity contribution in [3.8, 4) is 5.69 Å². The van der Waals surface area contributed by atoms with Gasteiger partial charge >= 0.3 is 0 Å². The summed E-state index contributed by atoms with van der Waals surface area (Å²) >= 11 is 5.84. The molecule has 0 N–H and O–H groups in total. The van der Waals surface area contributed by atoms with Crippen LogP contribution in [0, 0.1) is 10.6 Å². The molecule has 0 saturated carbocycles. The van der Waals surface area contributed by atoms with Gasteiger partial charge in [-0.15, -0.1) is 0 Å². The molecule has 0 aliphatic carbocycles. The number of hydrogen-bond acceptors (Lipinski definition) is 6. The zero-order chi connectivity index (χ0) is 23.8. The molecule has 2 aromatic carbocycles. The molecule has 5 rings (SSSR count). The first kappa shape index (κ1) is 22.9. The molecule has 0 spiro atoms. The highest BCUT2D eigenvalue weighted by Crippen LogP contribution is 2.30. The van der Waals surface area contributed by atoms with Crippen molar-refractivity contribution in [1.82, 2.24) is 29.1 Å². The van der Waals surface area contributed by atoms with E-state index in [-0.39, 0.29) is 11.9 Å². The molecule has 3 heterocycles. The minimum absolute atomic E-state index is 0.0397. The van der Waals surface area contributed by atoms with Crippen molar-refractivity contribution in [1.29, 1.82) is 0 Å². The Labute approximate surface area is 203 Å². The van der Waals surface area contributed by atoms with Gasteiger partial charge in [0.05, 0.1) is 12.7 Å². The first-order valence-electron chi connectivity index (χ1n) is 11.6. The topological polar surface area (TPSA) is 55.3 Å². The first-order valence-corrected chi connectivity index (χ1v) is 12.0. The third-order valence-electron chi connectivity index (χ3n) is 6.68. The minimum Gasteiger partial charge on any atom is -0.440 e. The van der Waals surface area contributed by atoms with Crippen molar-refractivity contribution in [2.45, 2.75) is 38.4 Å². The van der Waals surface area contributed by atoms with Crippen LogP contribution >= 0.6 is 12.2 Å². The Hall–Kier alpha value is -2.88. The maximum Gasteiger partial charge on any atom is 0.203 e. The van der Waals surface area contributed by atoms with E-state index in [4.69, 9.17) is 26.7 Å². The first-order chi connectivity index (χ1) is 16.4. The van der Waals surface area contributed by atoms with Crippen LogP contribution in [0.2, 0.25) is 0 Å². The molecule has 1 saturated heterocycles. The van der Waals surface area contributed by atoms with Crippen molar-refractivity contribution in [2.24, 2.45) is 0 Å². The number of oxazole rings is 1. The molecule has 34 heavy (non-hydrogen) atoms. The summed E-state index contributed by atoms with van der Waals surface area (Å²) in [5.74, 6) is 1.72. The summed E-state index contributed by atoms with van der Waals surface area (Å²) in [6.07, 6.45) is 1.94. The molecule has 1 aliphatic heterocycles. The number of likely N-dealkylation sites (tertiary alicyclic amines) is 1. The second-order valence-electron chi connectivity index (χ2n) is 9.15. The van der Waals surface area contributed by atoms with Gasteiger partial charge in [0.15, 0.2) is 17.3 Å². The van der Waals surface area contributed by atoms with Crippen molar-refractivity contribution < 1.29 is 8.81 Å². The lowest BCUT2D eigenvalue weighted by molar-refractivity contribution is 0.152. The predicted octanol–water partition coefficient (Wildman–Crippen LogP) is 5.14. The zero-order valence-corrected chi connectivity index (χ0v) is 20.5. The maximum atomic E-state index is 13.5. The highest BCUT2D eigenvalue weighted by atomic mass is 32.1. The predicted molar refractivity (Wildman–Crippen MR) is 132 cm³/mol. The number of piperidine rings is 1. The lowest BCUT2D eigenvalue weighted by atomic mass is 9.97. The molecule has 7 nitrogen and oxygen atoms in total.